The van der Waals surface area contributed by atoms with Crippen LogP contribution >= 0.6 is 11.3 Å². The third kappa shape index (κ3) is 5.17. The highest BCUT2D eigenvalue weighted by atomic mass is 32.1. The van der Waals surface area contributed by atoms with E-state index in [0.29, 0.717) is 25.1 Å². The van der Waals surface area contributed by atoms with Crippen molar-refractivity contribution < 1.29 is 19.1 Å². The first-order chi connectivity index (χ1) is 13.0. The van der Waals surface area contributed by atoms with Crippen molar-refractivity contribution in [3.8, 4) is 0 Å². The predicted molar refractivity (Wildman–Crippen MR) is 102 cm³/mol. The maximum absolute atomic E-state index is 12.3. The largest absolute Gasteiger partial charge is 0.452 e. The van der Waals surface area contributed by atoms with Crippen LogP contribution in [0.2, 0.25) is 0 Å². The molecule has 0 saturated carbocycles. The number of rotatable bonds is 7. The molecule has 0 unspecified atom stereocenters. The molecule has 0 aliphatic carbocycles. The van der Waals surface area contributed by atoms with Crippen molar-refractivity contribution in [1.82, 2.24) is 9.80 Å². The van der Waals surface area contributed by atoms with Gasteiger partial charge in [-0.05, 0) is 46.5 Å². The fraction of sp³-hybridized carbons (Fsp3) is 0.350. The number of benzene rings is 1. The molecule has 1 aromatic heterocycles. The van der Waals surface area contributed by atoms with E-state index >= 15 is 0 Å². The average molecular weight is 386 g/mol. The van der Waals surface area contributed by atoms with Gasteiger partial charge in [-0.1, -0.05) is 12.1 Å². The summed E-state index contributed by atoms with van der Waals surface area (Å²) in [4.78, 5) is 39.5. The van der Waals surface area contributed by atoms with Crippen molar-refractivity contribution in [2.75, 3.05) is 20.2 Å². The first-order valence-corrected chi connectivity index (χ1v) is 9.76. The molecule has 1 saturated heterocycles. The van der Waals surface area contributed by atoms with E-state index in [0.717, 1.165) is 24.1 Å². The van der Waals surface area contributed by atoms with Gasteiger partial charge in [-0.25, -0.2) is 4.79 Å². The molecule has 2 amide bonds. The Morgan fingerprint density at radius 2 is 2.11 bits per heavy atom. The van der Waals surface area contributed by atoms with Crippen LogP contribution in [-0.4, -0.2) is 47.8 Å². The molecular formula is C20H22N2O4S. The summed E-state index contributed by atoms with van der Waals surface area (Å²) < 4.78 is 5.17. The van der Waals surface area contributed by atoms with Crippen molar-refractivity contribution in [1.29, 1.82) is 0 Å². The summed E-state index contributed by atoms with van der Waals surface area (Å²) in [5, 5.41) is 3.93. The number of nitrogens with zero attached hydrogens (tertiary/aromatic N) is 2. The van der Waals surface area contributed by atoms with Crippen LogP contribution in [0.3, 0.4) is 0 Å². The molecule has 1 aliphatic rings. The summed E-state index contributed by atoms with van der Waals surface area (Å²) in [5.41, 5.74) is 2.30. The van der Waals surface area contributed by atoms with Crippen molar-refractivity contribution in [3.63, 3.8) is 0 Å². The normalized spacial score (nSPS) is 13.7. The molecule has 2 heterocycles. The number of amides is 2. The molecule has 6 nitrogen and oxygen atoms in total. The number of carbonyl (C=O) groups is 3. The Kier molecular flexibility index (Phi) is 6.24. The van der Waals surface area contributed by atoms with E-state index < -0.39 is 5.97 Å². The molecule has 27 heavy (non-hydrogen) atoms. The van der Waals surface area contributed by atoms with E-state index in [2.05, 4.69) is 0 Å². The van der Waals surface area contributed by atoms with Crippen molar-refractivity contribution in [3.05, 3.63) is 57.8 Å². The lowest BCUT2D eigenvalue weighted by Gasteiger charge is -2.17. The van der Waals surface area contributed by atoms with Gasteiger partial charge in [0.1, 0.15) is 0 Å². The molecule has 0 atom stereocenters. The minimum absolute atomic E-state index is 0.141. The molecule has 0 spiro atoms. The molecule has 1 aliphatic heterocycles. The summed E-state index contributed by atoms with van der Waals surface area (Å²) in [5.74, 6) is -0.655. The second-order valence-corrected chi connectivity index (χ2v) is 7.36. The molecule has 2 aromatic rings. The Hall–Kier alpha value is -2.67. The lowest BCUT2D eigenvalue weighted by molar-refractivity contribution is -0.133. The Balaban J connectivity index is 1.52. The van der Waals surface area contributed by atoms with E-state index in [1.165, 1.54) is 4.90 Å². The van der Waals surface area contributed by atoms with Crippen LogP contribution in [0.4, 0.5) is 0 Å². The maximum atomic E-state index is 12.3. The van der Waals surface area contributed by atoms with Crippen LogP contribution < -0.4 is 0 Å². The number of likely N-dealkylation sites (N-methyl/N-ethyl adjacent to an activating group) is 1. The lowest BCUT2D eigenvalue weighted by Crippen LogP contribution is -2.30. The SMILES string of the molecule is CN(Cc1ccsc1)C(=O)COC(=O)c1cccc(CN2CCCC2=O)c1. The lowest BCUT2D eigenvalue weighted by atomic mass is 10.1. The zero-order valence-corrected chi connectivity index (χ0v) is 16.0. The zero-order valence-electron chi connectivity index (χ0n) is 15.2. The number of ether oxygens (including phenoxy) is 1. The number of carbonyl (C=O) groups excluding carboxylic acids is 3. The van der Waals surface area contributed by atoms with Crippen LogP contribution in [0.1, 0.15) is 34.3 Å². The summed E-state index contributed by atoms with van der Waals surface area (Å²) in [6, 6.07) is 8.96. The molecule has 142 valence electrons. The molecular weight excluding hydrogens is 364 g/mol. The highest BCUT2D eigenvalue weighted by molar-refractivity contribution is 7.07. The Bertz CT molecular complexity index is 819. The van der Waals surface area contributed by atoms with Gasteiger partial charge in [-0.2, -0.15) is 11.3 Å². The summed E-state index contributed by atoms with van der Waals surface area (Å²) in [6.07, 6.45) is 1.46. The van der Waals surface area contributed by atoms with Gasteiger partial charge in [0.15, 0.2) is 6.61 Å². The Labute approximate surface area is 162 Å². The molecule has 1 fully saturated rings. The topological polar surface area (TPSA) is 66.9 Å². The van der Waals surface area contributed by atoms with Gasteiger partial charge in [-0.3, -0.25) is 9.59 Å². The van der Waals surface area contributed by atoms with Crippen LogP contribution in [0.15, 0.2) is 41.1 Å². The minimum Gasteiger partial charge on any atom is -0.452 e. The van der Waals surface area contributed by atoms with E-state index in [1.807, 2.05) is 22.9 Å². The second-order valence-electron chi connectivity index (χ2n) is 6.58. The van der Waals surface area contributed by atoms with Gasteiger partial charge >= 0.3 is 5.97 Å². The molecule has 7 heteroatoms. The monoisotopic (exact) mass is 386 g/mol. The number of thiophene rings is 1. The van der Waals surface area contributed by atoms with E-state index in [-0.39, 0.29) is 18.4 Å². The number of hydrogen-bond acceptors (Lipinski definition) is 5. The molecule has 0 radical (unpaired) electrons. The van der Waals surface area contributed by atoms with Gasteiger partial charge in [0.25, 0.3) is 5.91 Å². The van der Waals surface area contributed by atoms with Gasteiger partial charge in [0.05, 0.1) is 5.56 Å². The third-order valence-corrected chi connectivity index (χ3v) is 5.19. The first-order valence-electron chi connectivity index (χ1n) is 8.82. The van der Waals surface area contributed by atoms with Crippen LogP contribution in [0.25, 0.3) is 0 Å². The van der Waals surface area contributed by atoms with Crippen LogP contribution in [0, 0.1) is 0 Å². The van der Waals surface area contributed by atoms with Crippen molar-refractivity contribution in [2.24, 2.45) is 0 Å². The smallest absolute Gasteiger partial charge is 0.338 e. The highest BCUT2D eigenvalue weighted by Crippen LogP contribution is 2.16. The minimum atomic E-state index is -0.540. The highest BCUT2D eigenvalue weighted by Gasteiger charge is 2.20. The van der Waals surface area contributed by atoms with Crippen molar-refractivity contribution >= 4 is 29.1 Å². The third-order valence-electron chi connectivity index (χ3n) is 4.46. The number of esters is 1. The fourth-order valence-corrected chi connectivity index (χ4v) is 3.61. The van der Waals surface area contributed by atoms with Gasteiger partial charge in [0, 0.05) is 33.1 Å². The number of likely N-dealkylation sites (tertiary alicyclic amines) is 1. The van der Waals surface area contributed by atoms with Crippen molar-refractivity contribution in [2.45, 2.75) is 25.9 Å². The Morgan fingerprint density at radius 1 is 1.26 bits per heavy atom. The van der Waals surface area contributed by atoms with E-state index in [1.54, 1.807) is 41.5 Å². The molecule has 3 rings (SSSR count). The summed E-state index contributed by atoms with van der Waals surface area (Å²) in [6.45, 7) is 1.42. The van der Waals surface area contributed by atoms with Gasteiger partial charge < -0.3 is 14.5 Å². The van der Waals surface area contributed by atoms with E-state index in [4.69, 9.17) is 4.74 Å². The average Bonchev–Trinajstić information content (AvgIpc) is 3.32. The van der Waals surface area contributed by atoms with Crippen LogP contribution in [0.5, 0.6) is 0 Å². The summed E-state index contributed by atoms with van der Waals surface area (Å²) in [7, 11) is 1.68. The second kappa shape index (κ2) is 8.81. The van der Waals surface area contributed by atoms with Gasteiger partial charge in [-0.15, -0.1) is 0 Å². The van der Waals surface area contributed by atoms with Crippen LogP contribution in [-0.2, 0) is 27.4 Å². The first kappa shape index (κ1) is 19.1. The molecule has 0 bridgehead atoms. The van der Waals surface area contributed by atoms with E-state index in [9.17, 15) is 14.4 Å². The zero-order chi connectivity index (χ0) is 19.2. The molecule has 1 aromatic carbocycles. The Morgan fingerprint density at radius 3 is 2.81 bits per heavy atom. The predicted octanol–water partition coefficient (Wildman–Crippen LogP) is 2.69. The van der Waals surface area contributed by atoms with Gasteiger partial charge in [0.2, 0.25) is 5.91 Å². The summed E-state index contributed by atoms with van der Waals surface area (Å²) >= 11 is 1.57. The quantitative estimate of drug-likeness (QED) is 0.686. The maximum Gasteiger partial charge on any atom is 0.338 e. The standard InChI is InChI=1S/C20H22N2O4S/c1-21(11-16-7-9-27-14-16)19(24)13-26-20(25)17-5-2-4-15(10-17)12-22-8-3-6-18(22)23/h2,4-5,7,9-10,14H,3,6,8,11-13H2,1H3. The molecule has 0 N–H and O–H groups in total. The fourth-order valence-electron chi connectivity index (χ4n) is 2.95. The number of hydrogen-bond donors (Lipinski definition) is 0.